The lowest BCUT2D eigenvalue weighted by atomic mass is 9.82. The quantitative estimate of drug-likeness (QED) is 0.178. The van der Waals surface area contributed by atoms with E-state index in [0.29, 0.717) is 0 Å². The predicted octanol–water partition coefficient (Wildman–Crippen LogP) is 13.5. The molecule has 1 aliphatic rings. The molecule has 0 radical (unpaired) electrons. The van der Waals surface area contributed by atoms with Gasteiger partial charge in [-0.15, -0.1) is 0 Å². The number of hydrogen-bond donors (Lipinski definition) is 0. The highest BCUT2D eigenvalue weighted by Crippen LogP contribution is 2.58. The van der Waals surface area contributed by atoms with Crippen molar-refractivity contribution in [3.05, 3.63) is 194 Å². The molecule has 0 bridgehead atoms. The van der Waals surface area contributed by atoms with Gasteiger partial charge in [-0.2, -0.15) is 0 Å². The van der Waals surface area contributed by atoms with Crippen LogP contribution in [0.5, 0.6) is 0 Å². The first-order valence-corrected chi connectivity index (χ1v) is 17.5. The summed E-state index contributed by atoms with van der Waals surface area (Å²) in [7, 11) is 0. The van der Waals surface area contributed by atoms with Gasteiger partial charge in [0.05, 0.1) is 0 Å². The molecule has 0 spiro atoms. The van der Waals surface area contributed by atoms with Crippen LogP contribution >= 0.6 is 0 Å². The summed E-state index contributed by atoms with van der Waals surface area (Å²) in [6.07, 6.45) is 3.71. The van der Waals surface area contributed by atoms with E-state index in [9.17, 15) is 0 Å². The van der Waals surface area contributed by atoms with Crippen molar-refractivity contribution in [2.24, 2.45) is 0 Å². The molecular formula is C49H32N2. The molecule has 0 fully saturated rings. The van der Waals surface area contributed by atoms with Crippen LogP contribution in [0.4, 0.5) is 17.1 Å². The smallest absolute Gasteiger partial charge is 0.0492 e. The zero-order valence-electron chi connectivity index (χ0n) is 27.9. The first-order valence-electron chi connectivity index (χ1n) is 17.5. The van der Waals surface area contributed by atoms with E-state index in [0.717, 1.165) is 17.1 Å². The highest BCUT2D eigenvalue weighted by molar-refractivity contribution is 6.28. The Kier molecular flexibility index (Phi) is 6.85. The first-order chi connectivity index (χ1) is 25.3. The number of nitrogens with zero attached hydrogens (tertiary/aromatic N) is 2. The number of aromatic nitrogens is 1. The van der Waals surface area contributed by atoms with E-state index in [1.54, 1.807) is 0 Å². The highest BCUT2D eigenvalue weighted by atomic mass is 15.1. The molecule has 0 amide bonds. The number of benzene rings is 8. The van der Waals surface area contributed by atoms with E-state index < -0.39 is 0 Å². The van der Waals surface area contributed by atoms with Crippen LogP contribution in [0.25, 0.3) is 77.2 Å². The molecule has 2 nitrogen and oxygen atoms in total. The van der Waals surface area contributed by atoms with Crippen molar-refractivity contribution < 1.29 is 0 Å². The van der Waals surface area contributed by atoms with E-state index in [4.69, 9.17) is 0 Å². The molecule has 1 aromatic heterocycles. The van der Waals surface area contributed by atoms with Gasteiger partial charge in [-0.05, 0) is 114 Å². The maximum absolute atomic E-state index is 4.30. The Hall–Kier alpha value is -6.77. The lowest BCUT2D eigenvalue weighted by molar-refractivity contribution is 1.24. The third kappa shape index (κ3) is 4.69. The monoisotopic (exact) mass is 648 g/mol. The number of pyridine rings is 1. The van der Waals surface area contributed by atoms with Crippen molar-refractivity contribution in [1.29, 1.82) is 0 Å². The molecule has 1 heterocycles. The van der Waals surface area contributed by atoms with Crippen LogP contribution in [0.3, 0.4) is 0 Å². The van der Waals surface area contributed by atoms with Crippen molar-refractivity contribution in [1.82, 2.24) is 4.98 Å². The minimum absolute atomic E-state index is 1.07. The van der Waals surface area contributed by atoms with Gasteiger partial charge in [0.1, 0.15) is 0 Å². The van der Waals surface area contributed by atoms with Crippen molar-refractivity contribution in [3.63, 3.8) is 0 Å². The predicted molar refractivity (Wildman–Crippen MR) is 215 cm³/mol. The molecule has 0 atom stereocenters. The number of fused-ring (bicyclic) bond motifs is 4. The fraction of sp³-hybridized carbons (Fsp3) is 0. The lowest BCUT2D eigenvalue weighted by Crippen LogP contribution is -2.09. The minimum Gasteiger partial charge on any atom is -0.310 e. The topological polar surface area (TPSA) is 16.1 Å². The van der Waals surface area contributed by atoms with Gasteiger partial charge in [-0.25, -0.2) is 0 Å². The Morgan fingerprint density at radius 1 is 0.314 bits per heavy atom. The Bertz CT molecular complexity index is 2590. The Labute approximate surface area is 297 Å². The van der Waals surface area contributed by atoms with Crippen LogP contribution in [-0.2, 0) is 0 Å². The molecule has 0 saturated carbocycles. The summed E-state index contributed by atoms with van der Waals surface area (Å²) < 4.78 is 0. The molecule has 2 heteroatoms. The maximum atomic E-state index is 4.30. The Balaban J connectivity index is 1.24. The zero-order chi connectivity index (χ0) is 33.7. The van der Waals surface area contributed by atoms with E-state index in [-0.39, 0.29) is 0 Å². The number of anilines is 3. The van der Waals surface area contributed by atoms with Gasteiger partial charge in [0.25, 0.3) is 0 Å². The normalized spacial score (nSPS) is 11.5. The Morgan fingerprint density at radius 3 is 1.43 bits per heavy atom. The van der Waals surface area contributed by atoms with Gasteiger partial charge in [-0.3, -0.25) is 4.98 Å². The first kappa shape index (κ1) is 29.2. The second-order valence-corrected chi connectivity index (χ2v) is 13.1. The summed E-state index contributed by atoms with van der Waals surface area (Å²) >= 11 is 0. The van der Waals surface area contributed by atoms with Gasteiger partial charge in [-0.1, -0.05) is 146 Å². The molecule has 10 rings (SSSR count). The zero-order valence-corrected chi connectivity index (χ0v) is 27.9. The van der Waals surface area contributed by atoms with Crippen molar-refractivity contribution in [2.45, 2.75) is 0 Å². The third-order valence-electron chi connectivity index (χ3n) is 10.3. The van der Waals surface area contributed by atoms with Gasteiger partial charge in [0.2, 0.25) is 0 Å². The van der Waals surface area contributed by atoms with Crippen molar-refractivity contribution in [2.75, 3.05) is 4.90 Å². The largest absolute Gasteiger partial charge is 0.310 e. The van der Waals surface area contributed by atoms with Crippen LogP contribution < -0.4 is 4.90 Å². The molecule has 0 aliphatic heterocycles. The van der Waals surface area contributed by atoms with Crippen LogP contribution in [0.1, 0.15) is 0 Å². The molecule has 8 aromatic carbocycles. The molecule has 51 heavy (non-hydrogen) atoms. The fourth-order valence-electron chi connectivity index (χ4n) is 8.19. The van der Waals surface area contributed by atoms with Crippen molar-refractivity contribution in [3.8, 4) is 55.6 Å². The van der Waals surface area contributed by atoms with Gasteiger partial charge in [0.15, 0.2) is 0 Å². The summed E-state index contributed by atoms with van der Waals surface area (Å²) in [4.78, 5) is 6.59. The maximum Gasteiger partial charge on any atom is 0.0492 e. The molecule has 1 aliphatic carbocycles. The number of rotatable bonds is 6. The minimum atomic E-state index is 1.07. The lowest BCUT2D eigenvalue weighted by Gasteiger charge is -2.25. The third-order valence-corrected chi connectivity index (χ3v) is 10.3. The van der Waals surface area contributed by atoms with E-state index >= 15 is 0 Å². The second-order valence-electron chi connectivity index (χ2n) is 13.1. The van der Waals surface area contributed by atoms with Crippen LogP contribution in [0.2, 0.25) is 0 Å². The van der Waals surface area contributed by atoms with E-state index in [2.05, 4.69) is 192 Å². The average molecular weight is 649 g/mol. The van der Waals surface area contributed by atoms with Crippen LogP contribution in [0.15, 0.2) is 194 Å². The molecule has 0 N–H and O–H groups in total. The summed E-state index contributed by atoms with van der Waals surface area (Å²) in [6.45, 7) is 0. The molecule has 0 saturated heterocycles. The summed E-state index contributed by atoms with van der Waals surface area (Å²) in [6, 6.07) is 66.0. The number of para-hydroxylation sites is 1. The van der Waals surface area contributed by atoms with Gasteiger partial charge < -0.3 is 4.90 Å². The molecule has 238 valence electrons. The summed E-state index contributed by atoms with van der Waals surface area (Å²) in [5.41, 5.74) is 16.0. The second kappa shape index (κ2) is 12.0. The SMILES string of the molecule is c1ccc(-c2c3c(c(-c4ccccc4)c4ccccc24)-c2ccc(-c4cccc(N(c5ccccc5)c5ccncc5)c4)c4cccc-3c24)cc1. The van der Waals surface area contributed by atoms with Crippen molar-refractivity contribution >= 4 is 38.6 Å². The highest BCUT2D eigenvalue weighted by Gasteiger charge is 2.31. The van der Waals surface area contributed by atoms with Crippen LogP contribution in [-0.4, -0.2) is 4.98 Å². The average Bonchev–Trinajstić information content (AvgIpc) is 3.53. The molecule has 0 unspecified atom stereocenters. The van der Waals surface area contributed by atoms with E-state index in [1.165, 1.54) is 77.2 Å². The molecule has 9 aromatic rings. The Morgan fingerprint density at radius 2 is 0.784 bits per heavy atom. The summed E-state index contributed by atoms with van der Waals surface area (Å²) in [5.74, 6) is 0. The van der Waals surface area contributed by atoms with E-state index in [1.807, 2.05) is 12.4 Å². The van der Waals surface area contributed by atoms with Gasteiger partial charge >= 0.3 is 0 Å². The summed E-state index contributed by atoms with van der Waals surface area (Å²) in [5, 5.41) is 5.12. The van der Waals surface area contributed by atoms with Gasteiger partial charge in [0, 0.05) is 29.5 Å². The fourth-order valence-corrected chi connectivity index (χ4v) is 8.19. The van der Waals surface area contributed by atoms with Crippen LogP contribution in [0, 0.1) is 0 Å². The molecular weight excluding hydrogens is 617 g/mol. The standard InChI is InChI=1S/C49H32N2/c1-4-14-33(15-5-1)45-41-22-10-11-23-42(41)46(34-16-6-2-7-17-34)49-44-27-26-39(40-24-13-25-43(47(40)44)48(45)49)35-18-12-21-38(32-35)51(36-19-8-3-9-20-36)37-28-30-50-31-29-37/h1-32H. The number of hydrogen-bond acceptors (Lipinski definition) is 2.